The van der Waals surface area contributed by atoms with E-state index in [9.17, 15) is 4.79 Å². The molecule has 3 aromatic carbocycles. The van der Waals surface area contributed by atoms with Crippen LogP contribution in [0.15, 0.2) is 77.7 Å². The molecule has 1 amide bonds. The lowest BCUT2D eigenvalue weighted by Gasteiger charge is -2.20. The number of rotatable bonds is 9. The van der Waals surface area contributed by atoms with Crippen LogP contribution >= 0.6 is 11.8 Å². The highest BCUT2D eigenvalue weighted by Gasteiger charge is 2.18. The second kappa shape index (κ2) is 10.7. The van der Waals surface area contributed by atoms with Crippen molar-refractivity contribution in [3.8, 4) is 11.5 Å². The Morgan fingerprint density at radius 1 is 0.933 bits per heavy atom. The van der Waals surface area contributed by atoms with Gasteiger partial charge in [-0.1, -0.05) is 55.5 Å². The zero-order valence-corrected chi connectivity index (χ0v) is 18.4. The van der Waals surface area contributed by atoms with Crippen molar-refractivity contribution < 1.29 is 14.3 Å². The van der Waals surface area contributed by atoms with Gasteiger partial charge in [-0.25, -0.2) is 0 Å². The van der Waals surface area contributed by atoms with E-state index in [-0.39, 0.29) is 11.9 Å². The Labute approximate surface area is 182 Å². The van der Waals surface area contributed by atoms with Gasteiger partial charge in [0, 0.05) is 10.6 Å². The lowest BCUT2D eigenvalue weighted by atomic mass is 10.0. The monoisotopic (exact) mass is 421 g/mol. The van der Waals surface area contributed by atoms with Gasteiger partial charge in [-0.05, 0) is 41.8 Å². The smallest absolute Gasteiger partial charge is 0.252 e. The minimum absolute atomic E-state index is 0.0761. The zero-order chi connectivity index (χ0) is 21.3. The van der Waals surface area contributed by atoms with Crippen molar-refractivity contribution in [2.75, 3.05) is 14.2 Å². The third kappa shape index (κ3) is 5.36. The number of thioether (sulfide) groups is 1. The van der Waals surface area contributed by atoms with Crippen molar-refractivity contribution in [1.82, 2.24) is 5.32 Å². The number of benzene rings is 3. The van der Waals surface area contributed by atoms with Crippen molar-refractivity contribution in [1.29, 1.82) is 0 Å². The number of amides is 1. The molecule has 0 aliphatic heterocycles. The lowest BCUT2D eigenvalue weighted by Crippen LogP contribution is -2.28. The second-order valence-corrected chi connectivity index (χ2v) is 7.84. The number of nitrogens with one attached hydrogen (secondary N) is 1. The van der Waals surface area contributed by atoms with Gasteiger partial charge in [-0.3, -0.25) is 4.79 Å². The number of hydrogen-bond donors (Lipinski definition) is 1. The van der Waals surface area contributed by atoms with Crippen molar-refractivity contribution in [3.63, 3.8) is 0 Å². The molecule has 1 N–H and O–H groups in total. The standard InChI is InChI=1S/C25H27NO3S/c1-4-21(19-14-15-22(28-2)23(16-19)29-3)26-25(27)20-12-8-9-13-24(20)30-17-18-10-6-5-7-11-18/h5-16,21H,4,17H2,1-3H3,(H,26,27). The number of carbonyl (C=O) groups excluding carboxylic acids is 1. The van der Waals surface area contributed by atoms with Crippen LogP contribution in [0.4, 0.5) is 0 Å². The van der Waals surface area contributed by atoms with Crippen molar-refractivity contribution in [3.05, 3.63) is 89.5 Å². The normalized spacial score (nSPS) is 11.6. The second-order valence-electron chi connectivity index (χ2n) is 6.82. The molecule has 0 spiro atoms. The van der Waals surface area contributed by atoms with Crippen molar-refractivity contribution in [2.45, 2.75) is 30.0 Å². The summed E-state index contributed by atoms with van der Waals surface area (Å²) in [5.74, 6) is 2.07. The summed E-state index contributed by atoms with van der Waals surface area (Å²) in [6.45, 7) is 2.05. The highest BCUT2D eigenvalue weighted by Crippen LogP contribution is 2.32. The van der Waals surface area contributed by atoms with E-state index < -0.39 is 0 Å². The third-order valence-electron chi connectivity index (χ3n) is 4.89. The molecular weight excluding hydrogens is 394 g/mol. The summed E-state index contributed by atoms with van der Waals surface area (Å²) in [6, 6.07) is 23.6. The van der Waals surface area contributed by atoms with Crippen LogP contribution in [0.25, 0.3) is 0 Å². The molecule has 0 aliphatic rings. The Bertz CT molecular complexity index is 975. The van der Waals surface area contributed by atoms with Crippen LogP contribution in [0.3, 0.4) is 0 Å². The molecule has 3 aromatic rings. The van der Waals surface area contributed by atoms with Gasteiger partial charge in [-0.15, -0.1) is 11.8 Å². The number of ether oxygens (including phenoxy) is 2. The molecular formula is C25H27NO3S. The predicted molar refractivity (Wildman–Crippen MR) is 122 cm³/mol. The van der Waals surface area contributed by atoms with E-state index in [1.165, 1.54) is 5.56 Å². The molecule has 4 nitrogen and oxygen atoms in total. The van der Waals surface area contributed by atoms with Gasteiger partial charge in [0.2, 0.25) is 0 Å². The minimum atomic E-state index is -0.121. The molecule has 0 heterocycles. The summed E-state index contributed by atoms with van der Waals surface area (Å²) in [7, 11) is 3.22. The van der Waals surface area contributed by atoms with Gasteiger partial charge >= 0.3 is 0 Å². The topological polar surface area (TPSA) is 47.6 Å². The molecule has 156 valence electrons. The van der Waals surface area contributed by atoms with Crippen LogP contribution in [0.1, 0.15) is 40.9 Å². The first kappa shape index (κ1) is 21.8. The first-order valence-electron chi connectivity index (χ1n) is 9.94. The maximum atomic E-state index is 13.1. The Morgan fingerprint density at radius 3 is 2.33 bits per heavy atom. The maximum Gasteiger partial charge on any atom is 0.252 e. The summed E-state index contributed by atoms with van der Waals surface area (Å²) < 4.78 is 10.7. The van der Waals surface area contributed by atoms with Gasteiger partial charge in [0.05, 0.1) is 25.8 Å². The molecule has 3 rings (SSSR count). The van der Waals surface area contributed by atoms with Gasteiger partial charge in [0.15, 0.2) is 11.5 Å². The van der Waals surface area contributed by atoms with E-state index >= 15 is 0 Å². The minimum Gasteiger partial charge on any atom is -0.493 e. The van der Waals surface area contributed by atoms with E-state index in [1.807, 2.05) is 60.7 Å². The average Bonchev–Trinajstić information content (AvgIpc) is 2.81. The van der Waals surface area contributed by atoms with Crippen LogP contribution in [0.2, 0.25) is 0 Å². The van der Waals surface area contributed by atoms with E-state index in [0.717, 1.165) is 22.6 Å². The Kier molecular flexibility index (Phi) is 7.80. The molecule has 30 heavy (non-hydrogen) atoms. The molecule has 0 radical (unpaired) electrons. The van der Waals surface area contributed by atoms with Crippen LogP contribution in [-0.4, -0.2) is 20.1 Å². The molecule has 0 aliphatic carbocycles. The largest absolute Gasteiger partial charge is 0.493 e. The quantitative estimate of drug-likeness (QED) is 0.439. The summed E-state index contributed by atoms with van der Waals surface area (Å²) >= 11 is 1.67. The highest BCUT2D eigenvalue weighted by atomic mass is 32.2. The third-order valence-corrected chi connectivity index (χ3v) is 6.04. The van der Waals surface area contributed by atoms with Crippen molar-refractivity contribution in [2.24, 2.45) is 0 Å². The number of methoxy groups -OCH3 is 2. The lowest BCUT2D eigenvalue weighted by molar-refractivity contribution is 0.0932. The molecule has 1 atom stereocenters. The fourth-order valence-corrected chi connectivity index (χ4v) is 4.25. The Hall–Kier alpha value is -2.92. The van der Waals surface area contributed by atoms with Gasteiger partial charge < -0.3 is 14.8 Å². The van der Waals surface area contributed by atoms with E-state index in [2.05, 4.69) is 24.4 Å². The fraction of sp³-hybridized carbons (Fsp3) is 0.240. The van der Waals surface area contributed by atoms with E-state index in [1.54, 1.807) is 26.0 Å². The van der Waals surface area contributed by atoms with Gasteiger partial charge in [-0.2, -0.15) is 0 Å². The number of hydrogen-bond acceptors (Lipinski definition) is 4. The first-order valence-corrected chi connectivity index (χ1v) is 10.9. The average molecular weight is 422 g/mol. The predicted octanol–water partition coefficient (Wildman–Crippen LogP) is 5.88. The Morgan fingerprint density at radius 2 is 1.63 bits per heavy atom. The summed E-state index contributed by atoms with van der Waals surface area (Å²) in [5, 5.41) is 3.18. The molecule has 0 fully saturated rings. The first-order chi connectivity index (χ1) is 14.7. The molecule has 0 bridgehead atoms. The summed E-state index contributed by atoms with van der Waals surface area (Å²) in [4.78, 5) is 14.1. The maximum absolute atomic E-state index is 13.1. The number of carbonyl (C=O) groups is 1. The molecule has 5 heteroatoms. The summed E-state index contributed by atoms with van der Waals surface area (Å²) in [5.41, 5.74) is 2.91. The molecule has 0 aromatic heterocycles. The van der Waals surface area contributed by atoms with Gasteiger partial charge in [0.25, 0.3) is 5.91 Å². The zero-order valence-electron chi connectivity index (χ0n) is 17.6. The molecule has 0 saturated carbocycles. The Balaban J connectivity index is 1.76. The molecule has 0 saturated heterocycles. The van der Waals surface area contributed by atoms with Crippen LogP contribution in [0, 0.1) is 0 Å². The van der Waals surface area contributed by atoms with Crippen LogP contribution < -0.4 is 14.8 Å². The SMILES string of the molecule is CCC(NC(=O)c1ccccc1SCc1ccccc1)c1ccc(OC)c(OC)c1. The highest BCUT2D eigenvalue weighted by molar-refractivity contribution is 7.98. The molecule has 1 unspecified atom stereocenters. The van der Waals surface area contributed by atoms with Gasteiger partial charge in [0.1, 0.15) is 0 Å². The van der Waals surface area contributed by atoms with E-state index in [0.29, 0.717) is 17.1 Å². The summed E-state index contributed by atoms with van der Waals surface area (Å²) in [6.07, 6.45) is 0.764. The van der Waals surface area contributed by atoms with Crippen molar-refractivity contribution >= 4 is 17.7 Å². The van der Waals surface area contributed by atoms with Crippen LogP contribution in [-0.2, 0) is 5.75 Å². The van der Waals surface area contributed by atoms with E-state index in [4.69, 9.17) is 9.47 Å². The van der Waals surface area contributed by atoms with Crippen LogP contribution in [0.5, 0.6) is 11.5 Å². The fourth-order valence-electron chi connectivity index (χ4n) is 3.24.